The van der Waals surface area contributed by atoms with Gasteiger partial charge in [-0.2, -0.15) is 0 Å². The van der Waals surface area contributed by atoms with E-state index in [1.165, 1.54) is 18.4 Å². The summed E-state index contributed by atoms with van der Waals surface area (Å²) in [4.78, 5) is 16.4. The van der Waals surface area contributed by atoms with Crippen LogP contribution in [0.15, 0.2) is 59.2 Å². The molecule has 0 aliphatic carbocycles. The Morgan fingerprint density at radius 1 is 1.12 bits per heavy atom. The Balaban J connectivity index is 1.64. The standard InChI is InChI=1S/C24H29FN2O4Si/c1-23(2,3)32-31-24(4,5)20-15-29-21(27-20)18-12-11-17(13-19(18)25)26-22(28)30-14-16-9-7-6-8-10-16/h6-13,15H,14,32H2,1-5H3,(H,26,28). The number of anilines is 1. The summed E-state index contributed by atoms with van der Waals surface area (Å²) in [6.45, 7) is 10.4. The Morgan fingerprint density at radius 3 is 2.50 bits per heavy atom. The molecule has 170 valence electrons. The first-order valence-corrected chi connectivity index (χ1v) is 11.7. The quantitative estimate of drug-likeness (QED) is 0.456. The van der Waals surface area contributed by atoms with Crippen molar-refractivity contribution in [3.63, 3.8) is 0 Å². The van der Waals surface area contributed by atoms with Crippen LogP contribution < -0.4 is 5.32 Å². The van der Waals surface area contributed by atoms with Gasteiger partial charge in [0.05, 0.1) is 11.2 Å². The van der Waals surface area contributed by atoms with Gasteiger partial charge in [0.15, 0.2) is 9.76 Å². The van der Waals surface area contributed by atoms with Gasteiger partial charge < -0.3 is 13.6 Å². The number of amides is 1. The van der Waals surface area contributed by atoms with E-state index in [2.05, 4.69) is 31.1 Å². The van der Waals surface area contributed by atoms with Gasteiger partial charge >= 0.3 is 6.09 Å². The molecule has 3 rings (SSSR count). The van der Waals surface area contributed by atoms with Crippen molar-refractivity contribution in [3.8, 4) is 11.5 Å². The van der Waals surface area contributed by atoms with Crippen LogP contribution in [0.25, 0.3) is 11.5 Å². The molecule has 0 saturated carbocycles. The van der Waals surface area contributed by atoms with Crippen molar-refractivity contribution < 1.29 is 22.8 Å². The minimum Gasteiger partial charge on any atom is -0.444 e. The summed E-state index contributed by atoms with van der Waals surface area (Å²) in [5, 5.41) is 2.66. The number of aromatic nitrogens is 1. The second-order valence-corrected chi connectivity index (χ2v) is 12.0. The summed E-state index contributed by atoms with van der Waals surface area (Å²) in [6, 6.07) is 13.6. The average Bonchev–Trinajstić information content (AvgIpc) is 3.22. The third-order valence-electron chi connectivity index (χ3n) is 4.65. The van der Waals surface area contributed by atoms with Crippen LogP contribution in [0.2, 0.25) is 5.04 Å². The number of carbonyl (C=O) groups is 1. The first-order chi connectivity index (χ1) is 15.0. The summed E-state index contributed by atoms with van der Waals surface area (Å²) >= 11 is 0. The Bertz CT molecular complexity index is 1060. The van der Waals surface area contributed by atoms with Crippen molar-refractivity contribution in [2.24, 2.45) is 0 Å². The smallest absolute Gasteiger partial charge is 0.411 e. The largest absolute Gasteiger partial charge is 0.444 e. The highest BCUT2D eigenvalue weighted by Gasteiger charge is 2.28. The number of hydrogen-bond donors (Lipinski definition) is 1. The lowest BCUT2D eigenvalue weighted by Gasteiger charge is -2.28. The predicted octanol–water partition coefficient (Wildman–Crippen LogP) is 5.78. The van der Waals surface area contributed by atoms with Gasteiger partial charge in [-0.15, -0.1) is 0 Å². The molecule has 0 bridgehead atoms. The van der Waals surface area contributed by atoms with Gasteiger partial charge in [-0.05, 0) is 42.6 Å². The number of halogens is 1. The van der Waals surface area contributed by atoms with E-state index in [0.29, 0.717) is 5.69 Å². The van der Waals surface area contributed by atoms with Crippen LogP contribution in [0.4, 0.5) is 14.9 Å². The third-order valence-corrected chi connectivity index (χ3v) is 6.38. The molecular weight excluding hydrogens is 427 g/mol. The molecule has 2 aromatic carbocycles. The van der Waals surface area contributed by atoms with Gasteiger partial charge in [-0.1, -0.05) is 51.1 Å². The fourth-order valence-electron chi connectivity index (χ4n) is 2.79. The summed E-state index contributed by atoms with van der Waals surface area (Å²) < 4.78 is 31.6. The second-order valence-electron chi connectivity index (χ2n) is 9.28. The van der Waals surface area contributed by atoms with Crippen molar-refractivity contribution in [2.75, 3.05) is 5.32 Å². The van der Waals surface area contributed by atoms with Crippen molar-refractivity contribution in [2.45, 2.75) is 51.9 Å². The minimum atomic E-state index is -0.806. The average molecular weight is 457 g/mol. The predicted molar refractivity (Wildman–Crippen MR) is 125 cm³/mol. The zero-order valence-electron chi connectivity index (χ0n) is 19.1. The molecular formula is C24H29FN2O4Si. The number of ether oxygens (including phenoxy) is 1. The monoisotopic (exact) mass is 456 g/mol. The maximum absolute atomic E-state index is 14.7. The molecule has 0 unspecified atom stereocenters. The fraction of sp³-hybridized carbons (Fsp3) is 0.333. The van der Waals surface area contributed by atoms with Crippen LogP contribution in [-0.2, 0) is 21.4 Å². The molecule has 0 atom stereocenters. The van der Waals surface area contributed by atoms with Crippen LogP contribution >= 0.6 is 0 Å². The van der Waals surface area contributed by atoms with Crippen molar-refractivity contribution in [1.29, 1.82) is 0 Å². The zero-order chi connectivity index (χ0) is 23.4. The van der Waals surface area contributed by atoms with Gasteiger partial charge in [0.25, 0.3) is 0 Å². The summed E-state index contributed by atoms with van der Waals surface area (Å²) in [5.74, 6) is -0.410. The van der Waals surface area contributed by atoms with E-state index >= 15 is 0 Å². The normalized spacial score (nSPS) is 12.3. The maximum Gasteiger partial charge on any atom is 0.411 e. The van der Waals surface area contributed by atoms with Crippen molar-refractivity contribution in [1.82, 2.24) is 4.98 Å². The number of oxazole rings is 1. The Labute approximate surface area is 190 Å². The van der Waals surface area contributed by atoms with Crippen LogP contribution in [0, 0.1) is 5.82 Å². The molecule has 32 heavy (non-hydrogen) atoms. The molecule has 1 heterocycles. The first kappa shape index (κ1) is 23.7. The molecule has 1 N–H and O–H groups in total. The SMILES string of the molecule is CC(C)(C)[SiH2]OC(C)(C)c1coc(-c2ccc(NC(=O)OCc3ccccc3)cc2F)n1. The topological polar surface area (TPSA) is 73.6 Å². The lowest BCUT2D eigenvalue weighted by Crippen LogP contribution is -2.27. The lowest BCUT2D eigenvalue weighted by molar-refractivity contribution is 0.104. The van der Waals surface area contributed by atoms with Gasteiger partial charge in [0.2, 0.25) is 5.89 Å². The van der Waals surface area contributed by atoms with Gasteiger partial charge in [-0.3, -0.25) is 5.32 Å². The Hall–Kier alpha value is -2.97. The fourth-order valence-corrected chi connectivity index (χ4v) is 3.73. The van der Waals surface area contributed by atoms with E-state index in [4.69, 9.17) is 13.6 Å². The zero-order valence-corrected chi connectivity index (χ0v) is 20.5. The lowest BCUT2D eigenvalue weighted by atomic mass is 10.1. The van der Waals surface area contributed by atoms with Gasteiger partial charge in [0, 0.05) is 5.69 Å². The highest BCUT2D eigenvalue weighted by molar-refractivity contribution is 6.31. The number of rotatable bonds is 7. The van der Waals surface area contributed by atoms with Crippen LogP contribution in [0.3, 0.4) is 0 Å². The molecule has 6 nitrogen and oxygen atoms in total. The molecule has 0 spiro atoms. The summed E-state index contributed by atoms with van der Waals surface area (Å²) in [5.41, 5.74) is 1.32. The molecule has 8 heteroatoms. The van der Waals surface area contributed by atoms with E-state index in [1.54, 1.807) is 6.07 Å². The molecule has 0 fully saturated rings. The van der Waals surface area contributed by atoms with Crippen LogP contribution in [-0.4, -0.2) is 20.8 Å². The molecule has 3 aromatic rings. The molecule has 1 amide bonds. The highest BCUT2D eigenvalue weighted by atomic mass is 28.2. The number of nitrogens with one attached hydrogen (secondary N) is 1. The number of benzene rings is 2. The van der Waals surface area contributed by atoms with Crippen LogP contribution in [0.1, 0.15) is 45.9 Å². The van der Waals surface area contributed by atoms with Crippen molar-refractivity contribution >= 4 is 21.5 Å². The first-order valence-electron chi connectivity index (χ1n) is 10.4. The van der Waals surface area contributed by atoms with E-state index in [0.717, 1.165) is 5.56 Å². The second kappa shape index (κ2) is 9.66. The summed E-state index contributed by atoms with van der Waals surface area (Å²) in [7, 11) is -0.806. The van der Waals surface area contributed by atoms with Gasteiger partial charge in [0.1, 0.15) is 24.4 Å². The molecule has 0 aliphatic rings. The molecule has 1 aromatic heterocycles. The Kier molecular flexibility index (Phi) is 7.15. The number of carbonyl (C=O) groups excluding carboxylic acids is 1. The van der Waals surface area contributed by atoms with Gasteiger partial charge in [-0.25, -0.2) is 14.2 Å². The van der Waals surface area contributed by atoms with E-state index in [1.807, 2.05) is 44.2 Å². The summed E-state index contributed by atoms with van der Waals surface area (Å²) in [6.07, 6.45) is 0.834. The maximum atomic E-state index is 14.7. The molecule has 0 aliphatic heterocycles. The van der Waals surface area contributed by atoms with Crippen molar-refractivity contribution in [3.05, 3.63) is 71.9 Å². The minimum absolute atomic E-state index is 0.127. The highest BCUT2D eigenvalue weighted by Crippen LogP contribution is 2.32. The van der Waals surface area contributed by atoms with E-state index < -0.39 is 27.3 Å². The number of nitrogens with zero attached hydrogens (tertiary/aromatic N) is 1. The van der Waals surface area contributed by atoms with E-state index in [-0.39, 0.29) is 28.8 Å². The molecule has 0 saturated heterocycles. The third kappa shape index (κ3) is 6.51. The Morgan fingerprint density at radius 2 is 1.84 bits per heavy atom. The van der Waals surface area contributed by atoms with Crippen LogP contribution in [0.5, 0.6) is 0 Å². The van der Waals surface area contributed by atoms with E-state index in [9.17, 15) is 9.18 Å². The number of hydrogen-bond acceptors (Lipinski definition) is 5. The molecule has 0 radical (unpaired) electrons.